The van der Waals surface area contributed by atoms with Crippen LogP contribution in [-0.4, -0.2) is 17.9 Å². The lowest BCUT2D eigenvalue weighted by Crippen LogP contribution is -2.25. The van der Waals surface area contributed by atoms with Crippen molar-refractivity contribution in [3.05, 3.63) is 52.3 Å². The standard InChI is InChI=1S/C21H19F7O4/c1-10-12(20(23,24)25)6-7-14(16(10)18(29)32-19(3,4)5)30-13-8-9-15(17(22)11(13)2)31-21(26,27)28/h6-9H,1-5H3. The van der Waals surface area contributed by atoms with Gasteiger partial charge in [0, 0.05) is 5.56 Å². The number of alkyl halides is 6. The second kappa shape index (κ2) is 8.51. The molecule has 0 aliphatic heterocycles. The number of esters is 1. The van der Waals surface area contributed by atoms with Crippen LogP contribution >= 0.6 is 0 Å². The smallest absolute Gasteiger partial charge is 0.456 e. The molecule has 32 heavy (non-hydrogen) atoms. The van der Waals surface area contributed by atoms with E-state index >= 15 is 0 Å². The van der Waals surface area contributed by atoms with Crippen LogP contribution in [0.25, 0.3) is 0 Å². The van der Waals surface area contributed by atoms with Crippen LogP contribution < -0.4 is 9.47 Å². The maximum atomic E-state index is 14.3. The average molecular weight is 468 g/mol. The largest absolute Gasteiger partial charge is 0.573 e. The van der Waals surface area contributed by atoms with Crippen LogP contribution in [0.1, 0.15) is 47.8 Å². The van der Waals surface area contributed by atoms with E-state index in [-0.39, 0.29) is 5.75 Å². The third kappa shape index (κ3) is 6.04. The molecule has 0 unspecified atom stereocenters. The van der Waals surface area contributed by atoms with Gasteiger partial charge in [-0.3, -0.25) is 0 Å². The van der Waals surface area contributed by atoms with Crippen molar-refractivity contribution in [2.45, 2.75) is 52.8 Å². The minimum Gasteiger partial charge on any atom is -0.456 e. The number of ether oxygens (including phenoxy) is 3. The van der Waals surface area contributed by atoms with Gasteiger partial charge in [0.25, 0.3) is 0 Å². The lowest BCUT2D eigenvalue weighted by molar-refractivity contribution is -0.275. The molecule has 11 heteroatoms. The number of halogens is 7. The Balaban J connectivity index is 2.57. The first-order chi connectivity index (χ1) is 14.4. The monoisotopic (exact) mass is 468 g/mol. The highest BCUT2D eigenvalue weighted by atomic mass is 19.4. The summed E-state index contributed by atoms with van der Waals surface area (Å²) in [5.41, 5.74) is -3.61. The van der Waals surface area contributed by atoms with Gasteiger partial charge in [0.05, 0.1) is 5.56 Å². The Morgan fingerprint density at radius 2 is 1.34 bits per heavy atom. The first-order valence-corrected chi connectivity index (χ1v) is 9.07. The van der Waals surface area contributed by atoms with Crippen molar-refractivity contribution in [1.82, 2.24) is 0 Å². The Hall–Kier alpha value is -2.98. The Bertz CT molecular complexity index is 1020. The summed E-state index contributed by atoms with van der Waals surface area (Å²) in [7, 11) is 0. The van der Waals surface area contributed by atoms with Crippen LogP contribution in [0.15, 0.2) is 24.3 Å². The van der Waals surface area contributed by atoms with Gasteiger partial charge in [-0.1, -0.05) is 0 Å². The SMILES string of the molecule is Cc1c(Oc2ccc(C(F)(F)F)c(C)c2C(=O)OC(C)(C)C)ccc(OC(F)(F)F)c1F. The zero-order chi connectivity index (χ0) is 24.6. The molecular weight excluding hydrogens is 449 g/mol. The van der Waals surface area contributed by atoms with E-state index in [0.717, 1.165) is 26.0 Å². The van der Waals surface area contributed by atoms with Gasteiger partial charge in [0.15, 0.2) is 11.6 Å². The van der Waals surface area contributed by atoms with Gasteiger partial charge >= 0.3 is 18.5 Å². The number of benzene rings is 2. The number of hydrogen-bond acceptors (Lipinski definition) is 4. The number of rotatable bonds is 4. The minimum atomic E-state index is -5.13. The van der Waals surface area contributed by atoms with E-state index in [1.165, 1.54) is 20.8 Å². The van der Waals surface area contributed by atoms with Crippen LogP contribution in [0.2, 0.25) is 0 Å². The van der Waals surface area contributed by atoms with Gasteiger partial charge in [0.2, 0.25) is 0 Å². The maximum Gasteiger partial charge on any atom is 0.573 e. The summed E-state index contributed by atoms with van der Waals surface area (Å²) in [6.45, 7) is 6.65. The first kappa shape index (κ1) is 25.3. The first-order valence-electron chi connectivity index (χ1n) is 9.07. The molecule has 2 aromatic rings. The molecule has 0 N–H and O–H groups in total. The van der Waals surface area contributed by atoms with E-state index in [0.29, 0.717) is 12.1 Å². The molecule has 0 saturated heterocycles. The molecule has 0 fully saturated rings. The summed E-state index contributed by atoms with van der Waals surface area (Å²) in [5.74, 6) is -4.34. The van der Waals surface area contributed by atoms with Gasteiger partial charge < -0.3 is 14.2 Å². The number of carbonyl (C=O) groups is 1. The summed E-state index contributed by atoms with van der Waals surface area (Å²) in [5, 5.41) is 0. The molecular formula is C21H19F7O4. The quantitative estimate of drug-likeness (QED) is 0.355. The Kier molecular flexibility index (Phi) is 6.73. The molecule has 0 radical (unpaired) electrons. The van der Waals surface area contributed by atoms with Gasteiger partial charge in [-0.25, -0.2) is 9.18 Å². The van der Waals surface area contributed by atoms with Crippen molar-refractivity contribution < 1.29 is 49.7 Å². The zero-order valence-corrected chi connectivity index (χ0v) is 17.6. The summed E-state index contributed by atoms with van der Waals surface area (Å²) in [4.78, 5) is 12.6. The van der Waals surface area contributed by atoms with Crippen molar-refractivity contribution in [1.29, 1.82) is 0 Å². The lowest BCUT2D eigenvalue weighted by atomic mass is 10.00. The van der Waals surface area contributed by atoms with E-state index in [4.69, 9.17) is 9.47 Å². The predicted molar refractivity (Wildman–Crippen MR) is 99.2 cm³/mol. The minimum absolute atomic E-state index is 0.332. The van der Waals surface area contributed by atoms with Gasteiger partial charge in [0.1, 0.15) is 22.7 Å². The molecule has 0 atom stereocenters. The average Bonchev–Trinajstić information content (AvgIpc) is 2.57. The molecule has 0 saturated carbocycles. The number of hydrogen-bond donors (Lipinski definition) is 0. The van der Waals surface area contributed by atoms with Crippen LogP contribution in [-0.2, 0) is 10.9 Å². The Morgan fingerprint density at radius 1 is 0.812 bits per heavy atom. The molecule has 4 nitrogen and oxygen atoms in total. The van der Waals surface area contributed by atoms with Crippen LogP contribution in [0.3, 0.4) is 0 Å². The lowest BCUT2D eigenvalue weighted by Gasteiger charge is -2.23. The van der Waals surface area contributed by atoms with E-state index in [2.05, 4.69) is 4.74 Å². The fourth-order valence-electron chi connectivity index (χ4n) is 2.74. The molecule has 0 bridgehead atoms. The van der Waals surface area contributed by atoms with E-state index in [9.17, 15) is 35.5 Å². The summed E-state index contributed by atoms with van der Waals surface area (Å²) < 4.78 is 106. The highest BCUT2D eigenvalue weighted by molar-refractivity contribution is 5.95. The van der Waals surface area contributed by atoms with E-state index in [1.807, 2.05) is 0 Å². The maximum absolute atomic E-state index is 14.3. The Labute approximate surface area is 178 Å². The van der Waals surface area contributed by atoms with E-state index < -0.39 is 63.7 Å². The van der Waals surface area contributed by atoms with Crippen LogP contribution in [0.5, 0.6) is 17.2 Å². The molecule has 2 rings (SSSR count). The third-order valence-corrected chi connectivity index (χ3v) is 4.08. The van der Waals surface area contributed by atoms with Gasteiger partial charge in [-0.2, -0.15) is 13.2 Å². The molecule has 0 aliphatic rings. The summed E-state index contributed by atoms with van der Waals surface area (Å²) in [6, 6.07) is 3.11. The number of carbonyl (C=O) groups excluding carboxylic acids is 1. The topological polar surface area (TPSA) is 44.8 Å². The fraction of sp³-hybridized carbons (Fsp3) is 0.381. The predicted octanol–water partition coefficient (Wildman–Crippen LogP) is 7.11. The van der Waals surface area contributed by atoms with Gasteiger partial charge in [-0.05, 0) is 64.4 Å². The second-order valence-corrected chi connectivity index (χ2v) is 7.76. The van der Waals surface area contributed by atoms with Crippen molar-refractivity contribution in [3.63, 3.8) is 0 Å². The molecule has 0 aromatic heterocycles. The zero-order valence-electron chi connectivity index (χ0n) is 17.6. The van der Waals surface area contributed by atoms with Crippen LogP contribution in [0, 0.1) is 19.7 Å². The molecule has 0 heterocycles. The molecule has 0 spiro atoms. The highest BCUT2D eigenvalue weighted by Crippen LogP contribution is 2.40. The van der Waals surface area contributed by atoms with Crippen LogP contribution in [0.4, 0.5) is 30.7 Å². The fourth-order valence-corrected chi connectivity index (χ4v) is 2.74. The normalized spacial score (nSPS) is 12.5. The van der Waals surface area contributed by atoms with Gasteiger partial charge in [-0.15, -0.1) is 13.2 Å². The van der Waals surface area contributed by atoms with Crippen molar-refractivity contribution in [2.75, 3.05) is 0 Å². The van der Waals surface area contributed by atoms with Crippen molar-refractivity contribution in [3.8, 4) is 17.2 Å². The van der Waals surface area contributed by atoms with Crippen molar-refractivity contribution >= 4 is 5.97 Å². The highest BCUT2D eigenvalue weighted by Gasteiger charge is 2.36. The molecule has 0 amide bonds. The molecule has 176 valence electrons. The van der Waals surface area contributed by atoms with E-state index in [1.54, 1.807) is 0 Å². The second-order valence-electron chi connectivity index (χ2n) is 7.76. The Morgan fingerprint density at radius 3 is 1.84 bits per heavy atom. The molecule has 2 aromatic carbocycles. The molecule has 0 aliphatic carbocycles. The summed E-state index contributed by atoms with van der Waals surface area (Å²) >= 11 is 0. The third-order valence-electron chi connectivity index (χ3n) is 4.08. The summed E-state index contributed by atoms with van der Waals surface area (Å²) in [6.07, 6.45) is -9.91. The van der Waals surface area contributed by atoms with Crippen molar-refractivity contribution in [2.24, 2.45) is 0 Å².